The molecule has 0 radical (unpaired) electrons. The van der Waals surface area contributed by atoms with Crippen LogP contribution >= 0.6 is 0 Å². The zero-order valence-corrected chi connectivity index (χ0v) is 9.83. The number of ether oxygens (including phenoxy) is 3. The van der Waals surface area contributed by atoms with Gasteiger partial charge in [-0.05, 0) is 19.3 Å². The predicted octanol–water partition coefficient (Wildman–Crippen LogP) is 0.806. The summed E-state index contributed by atoms with van der Waals surface area (Å²) in [6, 6.07) is 0.571. The van der Waals surface area contributed by atoms with E-state index in [1.807, 2.05) is 0 Å². The standard InChI is InChI=1S/C11H23NO3/c1-13-9-11(14-2)8-12-10-4-3-6-15-7-5-10/h10-12H,3-9H2,1-2H3. The minimum atomic E-state index is 0.152. The average molecular weight is 217 g/mol. The first-order chi connectivity index (χ1) is 7.36. The highest BCUT2D eigenvalue weighted by Crippen LogP contribution is 2.08. The quantitative estimate of drug-likeness (QED) is 0.714. The maximum atomic E-state index is 5.41. The molecule has 0 spiro atoms. The Morgan fingerprint density at radius 2 is 2.20 bits per heavy atom. The molecule has 15 heavy (non-hydrogen) atoms. The fourth-order valence-electron chi connectivity index (χ4n) is 1.80. The van der Waals surface area contributed by atoms with Crippen molar-refractivity contribution in [3.63, 3.8) is 0 Å². The minimum Gasteiger partial charge on any atom is -0.382 e. The Morgan fingerprint density at radius 3 is 2.93 bits per heavy atom. The molecule has 1 fully saturated rings. The lowest BCUT2D eigenvalue weighted by Gasteiger charge is -2.20. The van der Waals surface area contributed by atoms with Gasteiger partial charge in [-0.1, -0.05) is 0 Å². The lowest BCUT2D eigenvalue weighted by atomic mass is 10.1. The van der Waals surface area contributed by atoms with Crippen molar-refractivity contribution in [3.05, 3.63) is 0 Å². The molecule has 0 aromatic heterocycles. The Kier molecular flexibility index (Phi) is 6.92. The van der Waals surface area contributed by atoms with Crippen LogP contribution in [0.3, 0.4) is 0 Å². The molecule has 90 valence electrons. The molecule has 0 bridgehead atoms. The first-order valence-electron chi connectivity index (χ1n) is 5.69. The summed E-state index contributed by atoms with van der Waals surface area (Å²) in [6.07, 6.45) is 3.60. The second-order valence-electron chi connectivity index (χ2n) is 3.96. The van der Waals surface area contributed by atoms with Gasteiger partial charge in [0.15, 0.2) is 0 Å². The molecule has 0 aromatic carbocycles. The summed E-state index contributed by atoms with van der Waals surface area (Å²) in [5, 5.41) is 3.51. The van der Waals surface area contributed by atoms with Crippen LogP contribution in [0.2, 0.25) is 0 Å². The molecule has 4 heteroatoms. The Hall–Kier alpha value is -0.160. The summed E-state index contributed by atoms with van der Waals surface area (Å²) in [5.41, 5.74) is 0. The molecule has 1 aliphatic heterocycles. The summed E-state index contributed by atoms with van der Waals surface area (Å²) in [4.78, 5) is 0. The molecular weight excluding hydrogens is 194 g/mol. The van der Waals surface area contributed by atoms with Crippen LogP contribution in [-0.4, -0.2) is 52.7 Å². The van der Waals surface area contributed by atoms with Crippen LogP contribution in [0.15, 0.2) is 0 Å². The molecule has 1 saturated heterocycles. The molecule has 0 amide bonds. The van der Waals surface area contributed by atoms with Gasteiger partial charge in [0.2, 0.25) is 0 Å². The van der Waals surface area contributed by atoms with E-state index in [0.717, 1.165) is 32.6 Å². The van der Waals surface area contributed by atoms with Crippen LogP contribution in [0, 0.1) is 0 Å². The molecule has 0 aromatic rings. The van der Waals surface area contributed by atoms with Crippen LogP contribution in [-0.2, 0) is 14.2 Å². The molecule has 2 atom stereocenters. The van der Waals surface area contributed by atoms with Gasteiger partial charge in [-0.3, -0.25) is 0 Å². The van der Waals surface area contributed by atoms with Gasteiger partial charge >= 0.3 is 0 Å². The van der Waals surface area contributed by atoms with Crippen molar-refractivity contribution in [1.82, 2.24) is 5.32 Å². The highest BCUT2D eigenvalue weighted by Gasteiger charge is 2.14. The lowest BCUT2D eigenvalue weighted by Crippen LogP contribution is -2.38. The van der Waals surface area contributed by atoms with Crippen molar-refractivity contribution in [3.8, 4) is 0 Å². The van der Waals surface area contributed by atoms with Gasteiger partial charge in [-0.2, -0.15) is 0 Å². The predicted molar refractivity (Wildman–Crippen MR) is 59.1 cm³/mol. The molecular formula is C11H23NO3. The fraction of sp³-hybridized carbons (Fsp3) is 1.00. The van der Waals surface area contributed by atoms with Gasteiger partial charge < -0.3 is 19.5 Å². The SMILES string of the molecule is COCC(CNC1CCCOCC1)OC. The van der Waals surface area contributed by atoms with Gasteiger partial charge in [0.1, 0.15) is 0 Å². The van der Waals surface area contributed by atoms with E-state index in [9.17, 15) is 0 Å². The van der Waals surface area contributed by atoms with E-state index < -0.39 is 0 Å². The maximum absolute atomic E-state index is 5.41. The number of rotatable bonds is 6. The van der Waals surface area contributed by atoms with E-state index in [2.05, 4.69) is 5.32 Å². The summed E-state index contributed by atoms with van der Waals surface area (Å²) < 4.78 is 15.8. The van der Waals surface area contributed by atoms with Gasteiger partial charge in [0.05, 0.1) is 12.7 Å². The monoisotopic (exact) mass is 217 g/mol. The fourth-order valence-corrected chi connectivity index (χ4v) is 1.80. The van der Waals surface area contributed by atoms with E-state index in [1.165, 1.54) is 6.42 Å². The third kappa shape index (κ3) is 5.47. The Bertz CT molecular complexity index is 147. The smallest absolute Gasteiger partial charge is 0.0928 e. The van der Waals surface area contributed by atoms with Crippen molar-refractivity contribution in [2.45, 2.75) is 31.4 Å². The van der Waals surface area contributed by atoms with Crippen LogP contribution < -0.4 is 5.32 Å². The third-order valence-electron chi connectivity index (χ3n) is 2.77. The molecule has 0 saturated carbocycles. The van der Waals surface area contributed by atoms with Crippen LogP contribution in [0.5, 0.6) is 0 Å². The van der Waals surface area contributed by atoms with Gasteiger partial charge in [0, 0.05) is 40.0 Å². The molecule has 1 rings (SSSR count). The number of hydrogen-bond donors (Lipinski definition) is 1. The summed E-state index contributed by atoms with van der Waals surface area (Å²) >= 11 is 0. The van der Waals surface area contributed by atoms with Crippen molar-refractivity contribution in [2.75, 3.05) is 40.6 Å². The lowest BCUT2D eigenvalue weighted by molar-refractivity contribution is 0.0269. The normalized spacial score (nSPS) is 24.8. The molecule has 2 unspecified atom stereocenters. The van der Waals surface area contributed by atoms with Crippen molar-refractivity contribution in [1.29, 1.82) is 0 Å². The highest BCUT2D eigenvalue weighted by atomic mass is 16.5. The summed E-state index contributed by atoms with van der Waals surface area (Å²) in [6.45, 7) is 3.28. The topological polar surface area (TPSA) is 39.7 Å². The minimum absolute atomic E-state index is 0.152. The highest BCUT2D eigenvalue weighted by molar-refractivity contribution is 4.71. The van der Waals surface area contributed by atoms with Gasteiger partial charge in [-0.15, -0.1) is 0 Å². The van der Waals surface area contributed by atoms with E-state index in [0.29, 0.717) is 12.6 Å². The second kappa shape index (κ2) is 8.05. The second-order valence-corrected chi connectivity index (χ2v) is 3.96. The largest absolute Gasteiger partial charge is 0.382 e. The number of hydrogen-bond acceptors (Lipinski definition) is 4. The molecule has 1 aliphatic rings. The van der Waals surface area contributed by atoms with Crippen molar-refractivity contribution in [2.24, 2.45) is 0 Å². The van der Waals surface area contributed by atoms with E-state index in [4.69, 9.17) is 14.2 Å². The molecule has 4 nitrogen and oxygen atoms in total. The summed E-state index contributed by atoms with van der Waals surface area (Å²) in [7, 11) is 3.42. The van der Waals surface area contributed by atoms with Crippen LogP contribution in [0.1, 0.15) is 19.3 Å². The van der Waals surface area contributed by atoms with Crippen LogP contribution in [0.25, 0.3) is 0 Å². The van der Waals surface area contributed by atoms with Crippen LogP contribution in [0.4, 0.5) is 0 Å². The first-order valence-corrected chi connectivity index (χ1v) is 5.69. The third-order valence-corrected chi connectivity index (χ3v) is 2.77. The van der Waals surface area contributed by atoms with E-state index in [1.54, 1.807) is 14.2 Å². The van der Waals surface area contributed by atoms with Gasteiger partial charge in [-0.25, -0.2) is 0 Å². The number of nitrogens with one attached hydrogen (secondary N) is 1. The average Bonchev–Trinajstić information content (AvgIpc) is 2.52. The summed E-state index contributed by atoms with van der Waals surface area (Å²) in [5.74, 6) is 0. The Labute approximate surface area is 92.3 Å². The van der Waals surface area contributed by atoms with Crippen molar-refractivity contribution >= 4 is 0 Å². The Morgan fingerprint density at radius 1 is 1.33 bits per heavy atom. The van der Waals surface area contributed by atoms with Gasteiger partial charge in [0.25, 0.3) is 0 Å². The Balaban J connectivity index is 2.15. The number of methoxy groups -OCH3 is 2. The zero-order valence-electron chi connectivity index (χ0n) is 9.83. The molecule has 1 N–H and O–H groups in total. The molecule has 0 aliphatic carbocycles. The zero-order chi connectivity index (χ0) is 10.9. The first kappa shape index (κ1) is 12.9. The van der Waals surface area contributed by atoms with E-state index in [-0.39, 0.29) is 6.10 Å². The van der Waals surface area contributed by atoms with E-state index >= 15 is 0 Å². The van der Waals surface area contributed by atoms with Crippen molar-refractivity contribution < 1.29 is 14.2 Å². The molecule has 1 heterocycles. The maximum Gasteiger partial charge on any atom is 0.0928 e.